The van der Waals surface area contributed by atoms with Crippen LogP contribution in [0.25, 0.3) is 0 Å². The van der Waals surface area contributed by atoms with Gasteiger partial charge >= 0.3 is 12.5 Å². The second-order valence-corrected chi connectivity index (χ2v) is 6.53. The molecule has 23 heavy (non-hydrogen) atoms. The Bertz CT molecular complexity index is 448. The Labute approximate surface area is 133 Å². The lowest BCUT2D eigenvalue weighted by Gasteiger charge is -2.28. The molecular formula is C14H23F3N2O4. The van der Waals surface area contributed by atoms with Crippen LogP contribution in [0.5, 0.6) is 0 Å². The summed E-state index contributed by atoms with van der Waals surface area (Å²) in [7, 11) is 0. The van der Waals surface area contributed by atoms with E-state index in [0.717, 1.165) is 0 Å². The van der Waals surface area contributed by atoms with Crippen molar-refractivity contribution in [1.82, 2.24) is 10.2 Å². The van der Waals surface area contributed by atoms with Crippen molar-refractivity contribution >= 4 is 12.0 Å². The molecule has 0 aromatic carbocycles. The molecular weight excluding hydrogens is 317 g/mol. The maximum Gasteiger partial charge on any atom is 0.522 e. The quantitative estimate of drug-likeness (QED) is 0.857. The van der Waals surface area contributed by atoms with Crippen molar-refractivity contribution in [2.24, 2.45) is 0 Å². The normalized spacial score (nSPS) is 23.6. The van der Waals surface area contributed by atoms with Gasteiger partial charge in [0.1, 0.15) is 11.6 Å². The number of halogens is 3. The fourth-order valence-corrected chi connectivity index (χ4v) is 2.35. The van der Waals surface area contributed by atoms with Crippen molar-refractivity contribution in [3.63, 3.8) is 0 Å². The molecule has 1 fully saturated rings. The standard InChI is InChI=1S/C14H23F3N2O4/c1-8(18-12(21)23-13(3,4)5)11(20)19-7-6-10(9(19)2)22-14(15,16)17/h8-10H,6-7H2,1-5H3,(H,18,21)/t8-,9-,10-/m1/s1. The summed E-state index contributed by atoms with van der Waals surface area (Å²) in [5.41, 5.74) is -0.709. The fraction of sp³-hybridized carbons (Fsp3) is 0.857. The summed E-state index contributed by atoms with van der Waals surface area (Å²) in [6.45, 7) is 8.13. The number of amides is 2. The van der Waals surface area contributed by atoms with Crippen LogP contribution in [-0.2, 0) is 14.3 Å². The van der Waals surface area contributed by atoms with Crippen LogP contribution in [0.15, 0.2) is 0 Å². The molecule has 1 N–H and O–H groups in total. The molecule has 6 nitrogen and oxygen atoms in total. The van der Waals surface area contributed by atoms with E-state index in [2.05, 4.69) is 10.1 Å². The van der Waals surface area contributed by atoms with Gasteiger partial charge in [-0.2, -0.15) is 0 Å². The van der Waals surface area contributed by atoms with E-state index in [9.17, 15) is 22.8 Å². The van der Waals surface area contributed by atoms with Gasteiger partial charge in [-0.25, -0.2) is 4.79 Å². The van der Waals surface area contributed by atoms with E-state index in [1.807, 2.05) is 0 Å². The molecule has 0 unspecified atom stereocenters. The minimum absolute atomic E-state index is 0.0889. The third-order valence-corrected chi connectivity index (χ3v) is 3.36. The van der Waals surface area contributed by atoms with Crippen LogP contribution in [0.2, 0.25) is 0 Å². The van der Waals surface area contributed by atoms with Crippen LogP contribution in [0, 0.1) is 0 Å². The van der Waals surface area contributed by atoms with Gasteiger partial charge in [0.25, 0.3) is 0 Å². The number of rotatable bonds is 3. The van der Waals surface area contributed by atoms with Crippen molar-refractivity contribution in [2.45, 2.75) is 71.2 Å². The summed E-state index contributed by atoms with van der Waals surface area (Å²) < 4.78 is 45.9. The van der Waals surface area contributed by atoms with Crippen molar-refractivity contribution < 1.29 is 32.2 Å². The van der Waals surface area contributed by atoms with Gasteiger partial charge in [0.05, 0.1) is 12.1 Å². The van der Waals surface area contributed by atoms with Crippen molar-refractivity contribution in [1.29, 1.82) is 0 Å². The summed E-state index contributed by atoms with van der Waals surface area (Å²) in [5.74, 6) is -0.475. The summed E-state index contributed by atoms with van der Waals surface area (Å²) >= 11 is 0. The topological polar surface area (TPSA) is 67.9 Å². The Morgan fingerprint density at radius 2 is 1.83 bits per heavy atom. The molecule has 1 rings (SSSR count). The summed E-state index contributed by atoms with van der Waals surface area (Å²) in [4.78, 5) is 25.2. The SMILES string of the molecule is C[C@@H]1[C@H](OC(F)(F)F)CCN1C(=O)[C@@H](C)NC(=O)OC(C)(C)C. The maximum atomic E-state index is 12.3. The van der Waals surface area contributed by atoms with E-state index in [-0.39, 0.29) is 13.0 Å². The summed E-state index contributed by atoms with van der Waals surface area (Å²) in [5, 5.41) is 2.38. The number of ether oxygens (including phenoxy) is 2. The first-order valence-corrected chi connectivity index (χ1v) is 7.34. The van der Waals surface area contributed by atoms with Crippen molar-refractivity contribution in [3.05, 3.63) is 0 Å². The van der Waals surface area contributed by atoms with Crippen LogP contribution >= 0.6 is 0 Å². The van der Waals surface area contributed by atoms with E-state index in [0.29, 0.717) is 0 Å². The predicted molar refractivity (Wildman–Crippen MR) is 75.6 cm³/mol. The van der Waals surface area contributed by atoms with Crippen LogP contribution in [0.3, 0.4) is 0 Å². The molecule has 0 aliphatic carbocycles. The zero-order chi connectivity index (χ0) is 18.0. The van der Waals surface area contributed by atoms with Crippen molar-refractivity contribution in [3.8, 4) is 0 Å². The van der Waals surface area contributed by atoms with Gasteiger partial charge in [-0.05, 0) is 41.0 Å². The number of nitrogens with zero attached hydrogens (tertiary/aromatic N) is 1. The second-order valence-electron chi connectivity index (χ2n) is 6.53. The van der Waals surface area contributed by atoms with Gasteiger partial charge in [-0.3, -0.25) is 9.53 Å². The minimum Gasteiger partial charge on any atom is -0.444 e. The molecule has 0 saturated carbocycles. The Hall–Kier alpha value is -1.51. The van der Waals surface area contributed by atoms with Gasteiger partial charge in [-0.15, -0.1) is 13.2 Å². The van der Waals surface area contributed by atoms with Gasteiger partial charge in [-0.1, -0.05) is 0 Å². The molecule has 1 aliphatic heterocycles. The molecule has 1 saturated heterocycles. The van der Waals surface area contributed by atoms with Gasteiger partial charge in [0.15, 0.2) is 0 Å². The lowest BCUT2D eigenvalue weighted by Crippen LogP contribution is -2.50. The Kier molecular flexibility index (Phi) is 5.89. The Morgan fingerprint density at radius 1 is 1.26 bits per heavy atom. The zero-order valence-electron chi connectivity index (χ0n) is 13.9. The molecule has 9 heteroatoms. The molecule has 0 aromatic heterocycles. The smallest absolute Gasteiger partial charge is 0.444 e. The number of likely N-dealkylation sites (tertiary alicyclic amines) is 1. The first-order valence-electron chi connectivity index (χ1n) is 7.34. The number of hydrogen-bond donors (Lipinski definition) is 1. The average molecular weight is 340 g/mol. The van der Waals surface area contributed by atoms with E-state index < -0.39 is 42.2 Å². The highest BCUT2D eigenvalue weighted by Gasteiger charge is 2.43. The lowest BCUT2D eigenvalue weighted by molar-refractivity contribution is -0.343. The molecule has 0 aromatic rings. The third kappa shape index (κ3) is 6.25. The molecule has 1 heterocycles. The molecule has 3 atom stereocenters. The van der Waals surface area contributed by atoms with Crippen molar-refractivity contribution in [2.75, 3.05) is 6.54 Å². The minimum atomic E-state index is -4.74. The van der Waals surface area contributed by atoms with Crippen LogP contribution < -0.4 is 5.32 Å². The monoisotopic (exact) mass is 340 g/mol. The van der Waals surface area contributed by atoms with Gasteiger partial charge in [0, 0.05) is 6.54 Å². The number of alkyl carbamates (subject to hydrolysis) is 1. The fourth-order valence-electron chi connectivity index (χ4n) is 2.35. The molecule has 2 amide bonds. The molecule has 0 spiro atoms. The second kappa shape index (κ2) is 6.94. The van der Waals surface area contributed by atoms with Gasteiger partial charge < -0.3 is 15.0 Å². The largest absolute Gasteiger partial charge is 0.522 e. The number of hydrogen-bond acceptors (Lipinski definition) is 4. The van der Waals surface area contributed by atoms with Crippen LogP contribution in [0.1, 0.15) is 41.0 Å². The zero-order valence-corrected chi connectivity index (χ0v) is 13.9. The summed E-state index contributed by atoms with van der Waals surface area (Å²) in [6.07, 6.45) is -6.51. The average Bonchev–Trinajstić information content (AvgIpc) is 2.65. The third-order valence-electron chi connectivity index (χ3n) is 3.36. The van der Waals surface area contributed by atoms with E-state index in [4.69, 9.17) is 4.74 Å². The van der Waals surface area contributed by atoms with E-state index in [1.54, 1.807) is 20.8 Å². The molecule has 0 radical (unpaired) electrons. The molecule has 0 bridgehead atoms. The summed E-state index contributed by atoms with van der Waals surface area (Å²) in [6, 6.07) is -1.64. The maximum absolute atomic E-state index is 12.3. The van der Waals surface area contributed by atoms with Gasteiger partial charge in [0.2, 0.25) is 5.91 Å². The van der Waals surface area contributed by atoms with Crippen LogP contribution in [-0.4, -0.2) is 53.6 Å². The van der Waals surface area contributed by atoms with E-state index in [1.165, 1.54) is 18.7 Å². The number of alkyl halides is 3. The van der Waals surface area contributed by atoms with Crippen LogP contribution in [0.4, 0.5) is 18.0 Å². The molecule has 1 aliphatic rings. The molecule has 134 valence electrons. The highest BCUT2D eigenvalue weighted by atomic mass is 19.4. The highest BCUT2D eigenvalue weighted by molar-refractivity contribution is 5.85. The first-order chi connectivity index (χ1) is 10.3. The highest BCUT2D eigenvalue weighted by Crippen LogP contribution is 2.28. The Morgan fingerprint density at radius 3 is 2.30 bits per heavy atom. The Balaban J connectivity index is 2.59. The number of carbonyl (C=O) groups excluding carboxylic acids is 2. The lowest BCUT2D eigenvalue weighted by atomic mass is 10.2. The number of nitrogens with one attached hydrogen (secondary N) is 1. The number of carbonyl (C=O) groups is 2. The van der Waals surface area contributed by atoms with E-state index >= 15 is 0 Å². The first kappa shape index (κ1) is 19.5. The predicted octanol–water partition coefficient (Wildman–Crippen LogP) is 2.43.